The molecular formula is C12H24O3S. The highest BCUT2D eigenvalue weighted by atomic mass is 32.2. The summed E-state index contributed by atoms with van der Waals surface area (Å²) < 4.78 is 22.0. The third-order valence-corrected chi connectivity index (χ3v) is 4.75. The maximum atomic E-state index is 11.0. The van der Waals surface area contributed by atoms with Gasteiger partial charge in [0.15, 0.2) is 0 Å². The first-order valence-electron chi connectivity index (χ1n) is 6.28. The average Bonchev–Trinajstić information content (AvgIpc) is 2.19. The molecule has 0 aromatic heterocycles. The van der Waals surface area contributed by atoms with Crippen LogP contribution < -0.4 is 0 Å². The molecule has 1 N–H and O–H groups in total. The molecule has 96 valence electrons. The number of aliphatic hydroxyl groups excluding tert-OH is 1. The lowest BCUT2D eigenvalue weighted by Crippen LogP contribution is -2.29. The molecule has 1 rings (SSSR count). The Balaban J connectivity index is 2.34. The lowest BCUT2D eigenvalue weighted by atomic mass is 9.76. The Bertz CT molecular complexity index is 297. The van der Waals surface area contributed by atoms with Gasteiger partial charge >= 0.3 is 0 Å². The highest BCUT2D eigenvalue weighted by molar-refractivity contribution is 7.90. The zero-order valence-corrected chi connectivity index (χ0v) is 11.2. The van der Waals surface area contributed by atoms with Crippen LogP contribution in [-0.4, -0.2) is 31.6 Å². The third-order valence-electron chi connectivity index (χ3n) is 3.72. The van der Waals surface area contributed by atoms with Crippen molar-refractivity contribution in [1.82, 2.24) is 0 Å². The Morgan fingerprint density at radius 1 is 1.31 bits per heavy atom. The van der Waals surface area contributed by atoms with Gasteiger partial charge in [0.05, 0.1) is 6.10 Å². The largest absolute Gasteiger partial charge is 0.393 e. The van der Waals surface area contributed by atoms with Gasteiger partial charge in [0.1, 0.15) is 9.84 Å². The van der Waals surface area contributed by atoms with Crippen LogP contribution in [0.3, 0.4) is 0 Å². The van der Waals surface area contributed by atoms with Crippen LogP contribution in [0.4, 0.5) is 0 Å². The minimum atomic E-state index is -2.84. The Morgan fingerprint density at radius 2 is 2.00 bits per heavy atom. The standard InChI is InChI=1S/C12H24O3S/c1-3-10-6-7-12(13)11(9-10)5-4-8-16(2,14)15/h10-13H,3-9H2,1-2H3. The zero-order chi connectivity index (χ0) is 12.2. The van der Waals surface area contributed by atoms with Crippen molar-refractivity contribution in [2.75, 3.05) is 12.0 Å². The maximum Gasteiger partial charge on any atom is 0.147 e. The molecule has 1 aliphatic carbocycles. The van der Waals surface area contributed by atoms with Crippen molar-refractivity contribution in [1.29, 1.82) is 0 Å². The molecule has 0 saturated heterocycles. The zero-order valence-electron chi connectivity index (χ0n) is 10.4. The van der Waals surface area contributed by atoms with E-state index in [1.165, 1.54) is 12.7 Å². The molecule has 0 bridgehead atoms. The van der Waals surface area contributed by atoms with Crippen LogP contribution >= 0.6 is 0 Å². The lowest BCUT2D eigenvalue weighted by molar-refractivity contribution is 0.0428. The Kier molecular flexibility index (Phi) is 5.25. The van der Waals surface area contributed by atoms with E-state index in [1.807, 2.05) is 0 Å². The quantitative estimate of drug-likeness (QED) is 0.809. The van der Waals surface area contributed by atoms with Crippen molar-refractivity contribution in [3.05, 3.63) is 0 Å². The van der Waals surface area contributed by atoms with E-state index in [0.717, 1.165) is 31.6 Å². The molecule has 0 aromatic rings. The van der Waals surface area contributed by atoms with Gasteiger partial charge in [0.25, 0.3) is 0 Å². The predicted octanol–water partition coefficient (Wildman–Crippen LogP) is 2.00. The fourth-order valence-electron chi connectivity index (χ4n) is 2.63. The Morgan fingerprint density at radius 3 is 2.56 bits per heavy atom. The molecule has 1 aliphatic rings. The normalized spacial score (nSPS) is 31.6. The third kappa shape index (κ3) is 4.83. The molecule has 3 nitrogen and oxygen atoms in total. The minimum absolute atomic E-state index is 0.206. The molecular weight excluding hydrogens is 224 g/mol. The van der Waals surface area contributed by atoms with Crippen molar-refractivity contribution in [3.8, 4) is 0 Å². The molecule has 3 atom stereocenters. The van der Waals surface area contributed by atoms with Gasteiger partial charge in [-0.05, 0) is 43.9 Å². The second kappa shape index (κ2) is 6.01. The van der Waals surface area contributed by atoms with Crippen molar-refractivity contribution in [3.63, 3.8) is 0 Å². The molecule has 0 amide bonds. The van der Waals surface area contributed by atoms with E-state index in [9.17, 15) is 13.5 Å². The molecule has 4 heteroatoms. The summed E-state index contributed by atoms with van der Waals surface area (Å²) in [7, 11) is -2.84. The first kappa shape index (κ1) is 14.0. The maximum absolute atomic E-state index is 11.0. The number of hydrogen-bond acceptors (Lipinski definition) is 3. The molecule has 0 spiro atoms. The second-order valence-corrected chi connectivity index (χ2v) is 7.45. The first-order valence-corrected chi connectivity index (χ1v) is 8.34. The summed E-state index contributed by atoms with van der Waals surface area (Å²) >= 11 is 0. The van der Waals surface area contributed by atoms with Gasteiger partial charge in [-0.25, -0.2) is 8.42 Å². The summed E-state index contributed by atoms with van der Waals surface area (Å²) in [6, 6.07) is 0. The Hall–Kier alpha value is -0.0900. The fourth-order valence-corrected chi connectivity index (χ4v) is 3.33. The number of aliphatic hydroxyl groups is 1. The summed E-state index contributed by atoms with van der Waals surface area (Å²) in [4.78, 5) is 0. The van der Waals surface area contributed by atoms with Crippen molar-refractivity contribution < 1.29 is 13.5 Å². The molecule has 0 radical (unpaired) electrons. The smallest absolute Gasteiger partial charge is 0.147 e. The molecule has 0 aliphatic heterocycles. The van der Waals surface area contributed by atoms with E-state index in [1.54, 1.807) is 0 Å². The van der Waals surface area contributed by atoms with Gasteiger partial charge in [-0.15, -0.1) is 0 Å². The van der Waals surface area contributed by atoms with E-state index in [-0.39, 0.29) is 11.9 Å². The van der Waals surface area contributed by atoms with Crippen LogP contribution in [0.5, 0.6) is 0 Å². The molecule has 1 saturated carbocycles. The topological polar surface area (TPSA) is 54.4 Å². The SMILES string of the molecule is CCC1CCC(O)C(CCCS(C)(=O)=O)C1. The summed E-state index contributed by atoms with van der Waals surface area (Å²) in [5.74, 6) is 1.31. The van der Waals surface area contributed by atoms with Gasteiger partial charge in [0, 0.05) is 12.0 Å². The molecule has 0 aromatic carbocycles. The van der Waals surface area contributed by atoms with E-state index < -0.39 is 9.84 Å². The van der Waals surface area contributed by atoms with Gasteiger partial charge < -0.3 is 5.11 Å². The van der Waals surface area contributed by atoms with Gasteiger partial charge in [-0.3, -0.25) is 0 Å². The molecule has 0 heterocycles. The average molecular weight is 248 g/mol. The summed E-state index contributed by atoms with van der Waals surface area (Å²) in [5.41, 5.74) is 0. The molecule has 16 heavy (non-hydrogen) atoms. The lowest BCUT2D eigenvalue weighted by Gasteiger charge is -2.32. The first-order chi connectivity index (χ1) is 7.42. The summed E-state index contributed by atoms with van der Waals surface area (Å²) in [6.45, 7) is 2.19. The van der Waals surface area contributed by atoms with Crippen LogP contribution in [0.2, 0.25) is 0 Å². The molecule has 3 unspecified atom stereocenters. The van der Waals surface area contributed by atoms with E-state index >= 15 is 0 Å². The Labute approximate surface area is 99.2 Å². The van der Waals surface area contributed by atoms with Crippen molar-refractivity contribution in [2.24, 2.45) is 11.8 Å². The number of sulfone groups is 1. The van der Waals surface area contributed by atoms with E-state index in [2.05, 4.69) is 6.92 Å². The van der Waals surface area contributed by atoms with Crippen molar-refractivity contribution >= 4 is 9.84 Å². The number of rotatable bonds is 5. The highest BCUT2D eigenvalue weighted by Crippen LogP contribution is 2.33. The van der Waals surface area contributed by atoms with Crippen LogP contribution in [0.15, 0.2) is 0 Å². The summed E-state index contributed by atoms with van der Waals surface area (Å²) in [6.07, 6.45) is 6.88. The van der Waals surface area contributed by atoms with Gasteiger partial charge in [-0.2, -0.15) is 0 Å². The van der Waals surface area contributed by atoms with Crippen LogP contribution in [-0.2, 0) is 9.84 Å². The summed E-state index contributed by atoms with van der Waals surface area (Å²) in [5, 5.41) is 9.86. The van der Waals surface area contributed by atoms with Crippen LogP contribution in [0.25, 0.3) is 0 Å². The monoisotopic (exact) mass is 248 g/mol. The van der Waals surface area contributed by atoms with E-state index in [4.69, 9.17) is 0 Å². The van der Waals surface area contributed by atoms with E-state index in [0.29, 0.717) is 12.3 Å². The number of hydrogen-bond donors (Lipinski definition) is 1. The van der Waals surface area contributed by atoms with Crippen LogP contribution in [0, 0.1) is 11.8 Å². The van der Waals surface area contributed by atoms with Gasteiger partial charge in [-0.1, -0.05) is 13.3 Å². The fraction of sp³-hybridized carbons (Fsp3) is 1.00. The van der Waals surface area contributed by atoms with Crippen molar-refractivity contribution in [2.45, 2.75) is 51.6 Å². The second-order valence-electron chi connectivity index (χ2n) is 5.19. The van der Waals surface area contributed by atoms with Crippen LogP contribution in [0.1, 0.15) is 45.4 Å². The minimum Gasteiger partial charge on any atom is -0.393 e. The van der Waals surface area contributed by atoms with Gasteiger partial charge in [0.2, 0.25) is 0 Å². The predicted molar refractivity (Wildman–Crippen MR) is 66.1 cm³/mol. The highest BCUT2D eigenvalue weighted by Gasteiger charge is 2.27. The molecule has 1 fully saturated rings.